The molecule has 0 aliphatic rings. The lowest BCUT2D eigenvalue weighted by Gasteiger charge is -2.10. The first kappa shape index (κ1) is 16.5. The van der Waals surface area contributed by atoms with E-state index in [1.165, 1.54) is 11.3 Å². The Bertz CT molecular complexity index is 754. The van der Waals surface area contributed by atoms with E-state index in [4.69, 9.17) is 0 Å². The largest absolute Gasteiger partial charge is 0.315 e. The van der Waals surface area contributed by atoms with Crippen LogP contribution in [0.25, 0.3) is 0 Å². The van der Waals surface area contributed by atoms with Crippen LogP contribution in [0.5, 0.6) is 0 Å². The molecule has 0 amide bonds. The lowest BCUT2D eigenvalue weighted by molar-refractivity contribution is 0.601. The zero-order chi connectivity index (χ0) is 15.6. The zero-order valence-corrected chi connectivity index (χ0v) is 15.2. The van der Waals surface area contributed by atoms with Crippen LogP contribution in [-0.4, -0.2) is 15.5 Å². The Hall–Kier alpha value is -0.890. The van der Waals surface area contributed by atoms with E-state index in [1.54, 1.807) is 12.1 Å². The summed E-state index contributed by atoms with van der Waals surface area (Å²) in [6.07, 6.45) is 0. The highest BCUT2D eigenvalue weighted by Gasteiger charge is 2.20. The summed E-state index contributed by atoms with van der Waals surface area (Å²) < 4.78 is 28.7. The fourth-order valence-corrected chi connectivity index (χ4v) is 5.25. The maximum atomic E-state index is 12.5. The fraction of sp³-hybridized carbons (Fsp3) is 0.286. The normalized spacial score (nSPS) is 11.6. The minimum absolute atomic E-state index is 0.347. The predicted octanol–water partition coefficient (Wildman–Crippen LogP) is 3.65. The van der Waals surface area contributed by atoms with Crippen molar-refractivity contribution >= 4 is 43.0 Å². The number of hydrogen-bond acceptors (Lipinski definition) is 4. The third kappa shape index (κ3) is 3.85. The van der Waals surface area contributed by atoms with E-state index in [9.17, 15) is 8.42 Å². The van der Waals surface area contributed by atoms with Crippen molar-refractivity contribution in [2.75, 3.05) is 11.8 Å². The molecule has 114 valence electrons. The van der Waals surface area contributed by atoms with Gasteiger partial charge in [0.2, 0.25) is 0 Å². The summed E-state index contributed by atoms with van der Waals surface area (Å²) in [5, 5.41) is 3.03. The monoisotopic (exact) mass is 388 g/mol. The number of benzene rings is 1. The number of nitrogens with one attached hydrogen (secondary N) is 2. The Labute approximate surface area is 137 Å². The van der Waals surface area contributed by atoms with Crippen molar-refractivity contribution in [1.29, 1.82) is 0 Å². The molecule has 0 fully saturated rings. The molecule has 1 aromatic heterocycles. The molecule has 0 atom stereocenters. The molecule has 1 heterocycles. The zero-order valence-electron chi connectivity index (χ0n) is 12.0. The first-order valence-electron chi connectivity index (χ1n) is 6.36. The average Bonchev–Trinajstić information content (AvgIpc) is 2.75. The Morgan fingerprint density at radius 3 is 2.57 bits per heavy atom. The first-order chi connectivity index (χ1) is 9.83. The van der Waals surface area contributed by atoms with Gasteiger partial charge in [-0.15, -0.1) is 11.3 Å². The molecule has 0 saturated heterocycles. The van der Waals surface area contributed by atoms with Gasteiger partial charge in [0.15, 0.2) is 0 Å². The van der Waals surface area contributed by atoms with Gasteiger partial charge < -0.3 is 5.32 Å². The molecular weight excluding hydrogens is 372 g/mol. The Kier molecular flexibility index (Phi) is 5.08. The van der Waals surface area contributed by atoms with Gasteiger partial charge in [0.05, 0.1) is 5.69 Å². The van der Waals surface area contributed by atoms with E-state index in [2.05, 4.69) is 26.0 Å². The van der Waals surface area contributed by atoms with Gasteiger partial charge in [0.25, 0.3) is 10.0 Å². The van der Waals surface area contributed by atoms with Crippen molar-refractivity contribution in [3.05, 3.63) is 44.1 Å². The topological polar surface area (TPSA) is 58.2 Å². The number of sulfonamides is 1. The lowest BCUT2D eigenvalue weighted by atomic mass is 10.2. The van der Waals surface area contributed by atoms with Gasteiger partial charge in [0, 0.05) is 20.8 Å². The molecule has 2 rings (SSSR count). The Morgan fingerprint density at radius 2 is 1.95 bits per heavy atom. The van der Waals surface area contributed by atoms with Crippen LogP contribution in [-0.2, 0) is 16.6 Å². The second kappa shape index (κ2) is 6.48. The molecule has 0 unspecified atom stereocenters. The minimum atomic E-state index is -3.56. The van der Waals surface area contributed by atoms with Crippen LogP contribution >= 0.6 is 27.3 Å². The highest BCUT2D eigenvalue weighted by atomic mass is 79.9. The summed E-state index contributed by atoms with van der Waals surface area (Å²) in [5.74, 6) is 0. The molecule has 0 radical (unpaired) electrons. The summed E-state index contributed by atoms with van der Waals surface area (Å²) in [6, 6.07) is 7.18. The summed E-state index contributed by atoms with van der Waals surface area (Å²) in [5.41, 5.74) is 1.47. The third-order valence-electron chi connectivity index (χ3n) is 3.00. The summed E-state index contributed by atoms with van der Waals surface area (Å²) in [7, 11) is -1.72. The van der Waals surface area contributed by atoms with E-state index in [-0.39, 0.29) is 0 Å². The number of anilines is 1. The SMILES string of the molecule is CNCc1cc(S(=O)(=O)Nc2ccc(Br)cc2C)c(C)s1. The second-order valence-corrected chi connectivity index (χ2v) is 8.64. The van der Waals surface area contributed by atoms with Crippen LogP contribution in [0, 0.1) is 13.8 Å². The van der Waals surface area contributed by atoms with Gasteiger partial charge in [0.1, 0.15) is 4.90 Å². The van der Waals surface area contributed by atoms with Crippen LogP contribution in [0.15, 0.2) is 33.6 Å². The van der Waals surface area contributed by atoms with Crippen molar-refractivity contribution in [1.82, 2.24) is 5.32 Å². The standard InChI is InChI=1S/C14H17BrN2O2S2/c1-9-6-11(15)4-5-13(9)17-21(18,19)14-7-12(8-16-3)20-10(14)2/h4-7,16-17H,8H2,1-3H3. The van der Waals surface area contributed by atoms with Crippen LogP contribution in [0.4, 0.5) is 5.69 Å². The highest BCUT2D eigenvalue weighted by Crippen LogP contribution is 2.29. The molecule has 0 spiro atoms. The number of aryl methyl sites for hydroxylation is 2. The van der Waals surface area contributed by atoms with Crippen molar-refractivity contribution in [2.45, 2.75) is 25.3 Å². The number of halogens is 1. The Morgan fingerprint density at radius 1 is 1.24 bits per heavy atom. The summed E-state index contributed by atoms with van der Waals surface area (Å²) in [6.45, 7) is 4.36. The van der Waals surface area contributed by atoms with Crippen LogP contribution in [0.1, 0.15) is 15.3 Å². The summed E-state index contributed by atoms with van der Waals surface area (Å²) in [4.78, 5) is 2.14. The predicted molar refractivity (Wildman–Crippen MR) is 91.5 cm³/mol. The van der Waals surface area contributed by atoms with Crippen molar-refractivity contribution in [3.63, 3.8) is 0 Å². The van der Waals surface area contributed by atoms with Gasteiger partial charge in [-0.25, -0.2) is 8.42 Å². The average molecular weight is 389 g/mol. The van der Waals surface area contributed by atoms with Crippen LogP contribution in [0.2, 0.25) is 0 Å². The first-order valence-corrected chi connectivity index (χ1v) is 9.45. The molecule has 1 aromatic carbocycles. The molecule has 7 heteroatoms. The van der Waals surface area contributed by atoms with E-state index in [1.807, 2.05) is 33.0 Å². The van der Waals surface area contributed by atoms with E-state index in [0.29, 0.717) is 17.1 Å². The third-order valence-corrected chi connectivity index (χ3v) is 6.16. The maximum Gasteiger partial charge on any atom is 0.263 e. The molecule has 2 aromatic rings. The van der Waals surface area contributed by atoms with Crippen molar-refractivity contribution in [3.8, 4) is 0 Å². The molecule has 2 N–H and O–H groups in total. The minimum Gasteiger partial charge on any atom is -0.315 e. The summed E-state index contributed by atoms with van der Waals surface area (Å²) >= 11 is 4.86. The molecular formula is C14H17BrN2O2S2. The van der Waals surface area contributed by atoms with E-state index < -0.39 is 10.0 Å². The highest BCUT2D eigenvalue weighted by molar-refractivity contribution is 9.10. The number of hydrogen-bond donors (Lipinski definition) is 2. The molecule has 0 aliphatic heterocycles. The number of rotatable bonds is 5. The molecule has 0 bridgehead atoms. The molecule has 21 heavy (non-hydrogen) atoms. The van der Waals surface area contributed by atoms with Gasteiger partial charge in [-0.1, -0.05) is 15.9 Å². The fourth-order valence-electron chi connectivity index (χ4n) is 1.99. The van der Waals surface area contributed by atoms with E-state index >= 15 is 0 Å². The molecule has 0 saturated carbocycles. The molecule has 0 aliphatic carbocycles. The maximum absolute atomic E-state index is 12.5. The van der Waals surface area contributed by atoms with Crippen LogP contribution < -0.4 is 10.0 Å². The second-order valence-electron chi connectivity index (χ2n) is 4.73. The smallest absolute Gasteiger partial charge is 0.263 e. The van der Waals surface area contributed by atoms with E-state index in [0.717, 1.165) is 19.8 Å². The van der Waals surface area contributed by atoms with Crippen LogP contribution in [0.3, 0.4) is 0 Å². The van der Waals surface area contributed by atoms with Crippen molar-refractivity contribution in [2.24, 2.45) is 0 Å². The van der Waals surface area contributed by atoms with Gasteiger partial charge >= 0.3 is 0 Å². The van der Waals surface area contributed by atoms with Gasteiger partial charge in [-0.2, -0.15) is 0 Å². The molecule has 4 nitrogen and oxygen atoms in total. The van der Waals surface area contributed by atoms with Gasteiger partial charge in [-0.05, 0) is 50.7 Å². The van der Waals surface area contributed by atoms with Gasteiger partial charge in [-0.3, -0.25) is 4.72 Å². The van der Waals surface area contributed by atoms with Crippen molar-refractivity contribution < 1.29 is 8.42 Å². The lowest BCUT2D eigenvalue weighted by Crippen LogP contribution is -2.14. The quantitative estimate of drug-likeness (QED) is 0.821. The Balaban J connectivity index is 2.34. The number of thiophene rings is 1.